The van der Waals surface area contributed by atoms with Crippen molar-refractivity contribution < 1.29 is 19.5 Å². The molecule has 1 aromatic heterocycles. The fourth-order valence-corrected chi connectivity index (χ4v) is 1.12. The maximum absolute atomic E-state index is 10.6. The van der Waals surface area contributed by atoms with Crippen molar-refractivity contribution in [1.29, 1.82) is 0 Å². The van der Waals surface area contributed by atoms with Crippen molar-refractivity contribution in [3.63, 3.8) is 0 Å². The summed E-state index contributed by atoms with van der Waals surface area (Å²) < 4.78 is 4.83. The Morgan fingerprint density at radius 1 is 1.64 bits per heavy atom. The lowest BCUT2D eigenvalue weighted by atomic mass is 9.83. The highest BCUT2D eigenvalue weighted by Gasteiger charge is 2.37. The molecule has 0 aliphatic rings. The zero-order valence-corrected chi connectivity index (χ0v) is 8.31. The van der Waals surface area contributed by atoms with Crippen LogP contribution in [0.4, 0.5) is 0 Å². The van der Waals surface area contributed by atoms with E-state index in [1.807, 2.05) is 0 Å². The van der Waals surface area contributed by atoms with Crippen molar-refractivity contribution in [1.82, 2.24) is 5.16 Å². The van der Waals surface area contributed by atoms with Crippen LogP contribution in [0.3, 0.4) is 0 Å². The molecule has 0 spiro atoms. The average Bonchev–Trinajstić information content (AvgIpc) is 2.50. The van der Waals surface area contributed by atoms with Crippen molar-refractivity contribution in [2.75, 3.05) is 0 Å². The molecule has 0 saturated carbocycles. The molecule has 5 heteroatoms. The van der Waals surface area contributed by atoms with Crippen LogP contribution in [-0.2, 0) is 10.2 Å². The number of rotatable bonds is 3. The summed E-state index contributed by atoms with van der Waals surface area (Å²) >= 11 is 0. The van der Waals surface area contributed by atoms with Crippen LogP contribution in [0.15, 0.2) is 10.6 Å². The molecule has 1 unspecified atom stereocenters. The predicted octanol–water partition coefficient (Wildman–Crippen LogP) is 0.706. The first kappa shape index (κ1) is 10.7. The summed E-state index contributed by atoms with van der Waals surface area (Å²) in [6.07, 6.45) is -1.49. The van der Waals surface area contributed by atoms with Gasteiger partial charge in [-0.1, -0.05) is 19.0 Å². The van der Waals surface area contributed by atoms with Gasteiger partial charge in [0.2, 0.25) is 0 Å². The number of carbonyl (C=O) groups is 1. The molecule has 0 aliphatic heterocycles. The summed E-state index contributed by atoms with van der Waals surface area (Å²) in [5.41, 5.74) is -0.520. The third-order valence-corrected chi connectivity index (χ3v) is 2.21. The second kappa shape index (κ2) is 3.42. The first-order valence-corrected chi connectivity index (χ1v) is 4.20. The summed E-state index contributed by atoms with van der Waals surface area (Å²) in [6.45, 7) is 4.91. The summed E-state index contributed by atoms with van der Waals surface area (Å²) in [4.78, 5) is 10.6. The number of carboxylic acids is 1. The minimum Gasteiger partial charge on any atom is -0.479 e. The summed E-state index contributed by atoms with van der Waals surface area (Å²) in [5.74, 6) is -0.679. The van der Waals surface area contributed by atoms with E-state index < -0.39 is 17.5 Å². The standard InChI is InChI=1S/C9H13NO4/c1-5-4-6(10-14-5)9(2,3)7(11)8(12)13/h4,7,11H,1-3H3,(H,12,13). The smallest absolute Gasteiger partial charge is 0.333 e. The molecule has 0 aliphatic carbocycles. The zero-order valence-electron chi connectivity index (χ0n) is 8.31. The van der Waals surface area contributed by atoms with Gasteiger partial charge in [-0.25, -0.2) is 4.79 Å². The molecule has 1 aromatic rings. The van der Waals surface area contributed by atoms with Gasteiger partial charge in [0.05, 0.1) is 5.69 Å². The lowest BCUT2D eigenvalue weighted by Crippen LogP contribution is -2.40. The Labute approximate surface area is 81.3 Å². The minimum absolute atomic E-state index is 0.435. The van der Waals surface area contributed by atoms with Crippen LogP contribution in [0.1, 0.15) is 25.3 Å². The molecule has 0 fully saturated rings. The molecular weight excluding hydrogens is 186 g/mol. The monoisotopic (exact) mass is 199 g/mol. The number of aliphatic carboxylic acids is 1. The zero-order chi connectivity index (χ0) is 10.9. The number of aryl methyl sites for hydroxylation is 1. The van der Waals surface area contributed by atoms with Crippen LogP contribution >= 0.6 is 0 Å². The second-order valence-corrected chi connectivity index (χ2v) is 3.79. The third-order valence-electron chi connectivity index (χ3n) is 2.21. The van der Waals surface area contributed by atoms with Gasteiger partial charge in [-0.3, -0.25) is 0 Å². The molecule has 14 heavy (non-hydrogen) atoms. The van der Waals surface area contributed by atoms with Crippen molar-refractivity contribution in [3.8, 4) is 0 Å². The van der Waals surface area contributed by atoms with E-state index in [1.165, 1.54) is 0 Å². The topological polar surface area (TPSA) is 83.6 Å². The lowest BCUT2D eigenvalue weighted by molar-refractivity contribution is -0.150. The van der Waals surface area contributed by atoms with Crippen molar-refractivity contribution in [2.45, 2.75) is 32.3 Å². The molecule has 5 nitrogen and oxygen atoms in total. The first-order chi connectivity index (χ1) is 6.35. The Bertz CT molecular complexity index is 342. The molecule has 2 N–H and O–H groups in total. The van der Waals surface area contributed by atoms with Gasteiger partial charge < -0.3 is 14.7 Å². The van der Waals surface area contributed by atoms with E-state index in [-0.39, 0.29) is 0 Å². The fourth-order valence-electron chi connectivity index (χ4n) is 1.12. The molecule has 0 bridgehead atoms. The second-order valence-electron chi connectivity index (χ2n) is 3.79. The maximum atomic E-state index is 10.6. The number of aliphatic hydroxyl groups excluding tert-OH is 1. The molecule has 1 heterocycles. The molecule has 0 saturated heterocycles. The van der Waals surface area contributed by atoms with Gasteiger partial charge in [0.15, 0.2) is 6.10 Å². The van der Waals surface area contributed by atoms with Crippen LogP contribution < -0.4 is 0 Å². The molecule has 1 rings (SSSR count). The van der Waals surface area contributed by atoms with Crippen LogP contribution in [0.2, 0.25) is 0 Å². The number of aliphatic hydroxyl groups is 1. The Balaban J connectivity index is 3.01. The van der Waals surface area contributed by atoms with Gasteiger partial charge in [0.25, 0.3) is 0 Å². The Morgan fingerprint density at radius 2 is 2.21 bits per heavy atom. The van der Waals surface area contributed by atoms with Crippen LogP contribution in [-0.4, -0.2) is 27.4 Å². The number of nitrogens with zero attached hydrogens (tertiary/aromatic N) is 1. The van der Waals surface area contributed by atoms with E-state index in [0.717, 1.165) is 0 Å². The first-order valence-electron chi connectivity index (χ1n) is 4.20. The lowest BCUT2D eigenvalue weighted by Gasteiger charge is -2.24. The van der Waals surface area contributed by atoms with Crippen LogP contribution in [0, 0.1) is 6.92 Å². The highest BCUT2D eigenvalue weighted by Crippen LogP contribution is 2.26. The summed E-state index contributed by atoms with van der Waals surface area (Å²) in [6, 6.07) is 1.62. The molecule has 0 aromatic carbocycles. The summed E-state index contributed by atoms with van der Waals surface area (Å²) in [5, 5.41) is 21.8. The van der Waals surface area contributed by atoms with Crippen molar-refractivity contribution in [2.24, 2.45) is 0 Å². The molecule has 78 valence electrons. The van der Waals surface area contributed by atoms with Crippen molar-refractivity contribution >= 4 is 5.97 Å². The molecule has 0 amide bonds. The van der Waals surface area contributed by atoms with Crippen LogP contribution in [0.25, 0.3) is 0 Å². The fraction of sp³-hybridized carbons (Fsp3) is 0.556. The number of carboxylic acid groups (broad SMARTS) is 1. The van der Waals surface area contributed by atoms with E-state index in [4.69, 9.17) is 9.63 Å². The highest BCUT2D eigenvalue weighted by atomic mass is 16.5. The largest absolute Gasteiger partial charge is 0.479 e. The highest BCUT2D eigenvalue weighted by molar-refractivity contribution is 5.74. The predicted molar refractivity (Wildman–Crippen MR) is 47.9 cm³/mol. The molecule has 0 radical (unpaired) electrons. The summed E-state index contributed by atoms with van der Waals surface area (Å²) in [7, 11) is 0. The Kier molecular flexibility index (Phi) is 2.62. The van der Waals surface area contributed by atoms with E-state index in [2.05, 4.69) is 5.16 Å². The third kappa shape index (κ3) is 1.77. The van der Waals surface area contributed by atoms with Gasteiger partial charge in [0, 0.05) is 11.5 Å². The quantitative estimate of drug-likeness (QED) is 0.748. The SMILES string of the molecule is Cc1cc(C(C)(C)C(O)C(=O)O)no1. The average molecular weight is 199 g/mol. The van der Waals surface area contributed by atoms with Gasteiger partial charge in [0.1, 0.15) is 5.76 Å². The van der Waals surface area contributed by atoms with Crippen molar-refractivity contribution in [3.05, 3.63) is 17.5 Å². The number of hydrogen-bond donors (Lipinski definition) is 2. The molecular formula is C9H13NO4. The normalized spacial score (nSPS) is 14.0. The van der Waals surface area contributed by atoms with E-state index in [9.17, 15) is 9.90 Å². The molecule has 1 atom stereocenters. The van der Waals surface area contributed by atoms with Gasteiger partial charge in [-0.2, -0.15) is 0 Å². The van der Waals surface area contributed by atoms with Gasteiger partial charge >= 0.3 is 5.97 Å². The van der Waals surface area contributed by atoms with Gasteiger partial charge in [-0.05, 0) is 6.92 Å². The Hall–Kier alpha value is -1.36. The maximum Gasteiger partial charge on any atom is 0.333 e. The Morgan fingerprint density at radius 3 is 2.57 bits per heavy atom. The van der Waals surface area contributed by atoms with Gasteiger partial charge in [-0.15, -0.1) is 0 Å². The minimum atomic E-state index is -1.49. The van der Waals surface area contributed by atoms with E-state index in [0.29, 0.717) is 11.5 Å². The number of hydrogen-bond acceptors (Lipinski definition) is 4. The van der Waals surface area contributed by atoms with Crippen LogP contribution in [0.5, 0.6) is 0 Å². The van der Waals surface area contributed by atoms with E-state index >= 15 is 0 Å². The van der Waals surface area contributed by atoms with E-state index in [1.54, 1.807) is 26.8 Å². The number of aromatic nitrogens is 1.